The second-order valence-corrected chi connectivity index (χ2v) is 10.2. The van der Waals surface area contributed by atoms with Crippen LogP contribution in [-0.4, -0.2) is 31.2 Å². The number of unbranched alkanes of at least 4 members (excludes halogenated alkanes) is 1. The van der Waals surface area contributed by atoms with Gasteiger partial charge in [-0.05, 0) is 84.0 Å². The average Bonchev–Trinajstić information content (AvgIpc) is 3.19. The molecule has 1 aromatic heterocycles. The smallest absolute Gasteiger partial charge is 0.263 e. The Morgan fingerprint density at radius 1 is 1.18 bits per heavy atom. The van der Waals surface area contributed by atoms with Gasteiger partial charge in [-0.25, -0.2) is 8.42 Å². The molecule has 180 valence electrons. The molecule has 3 N–H and O–H groups in total. The maximum absolute atomic E-state index is 12.5. The molecule has 2 aromatic carbocycles. The van der Waals surface area contributed by atoms with Gasteiger partial charge in [0.2, 0.25) is 0 Å². The second kappa shape index (κ2) is 11.4. The molecule has 0 aliphatic heterocycles. The van der Waals surface area contributed by atoms with Crippen LogP contribution in [0.4, 0.5) is 11.5 Å². The van der Waals surface area contributed by atoms with E-state index in [0.717, 1.165) is 12.8 Å². The Morgan fingerprint density at radius 3 is 2.53 bits per heavy atom. The van der Waals surface area contributed by atoms with Crippen LogP contribution in [0.2, 0.25) is 0 Å². The van der Waals surface area contributed by atoms with Crippen LogP contribution in [0.1, 0.15) is 35.9 Å². The Bertz CT molecular complexity index is 1280. The molecule has 0 spiro atoms. The van der Waals surface area contributed by atoms with Crippen molar-refractivity contribution in [1.82, 2.24) is 10.5 Å². The first-order chi connectivity index (χ1) is 16.2. The predicted molar refractivity (Wildman–Crippen MR) is 137 cm³/mol. The molecule has 3 rings (SSSR count). The summed E-state index contributed by atoms with van der Waals surface area (Å²) in [5.41, 5.74) is 0.900. The van der Waals surface area contributed by atoms with E-state index < -0.39 is 15.9 Å². The fourth-order valence-electron chi connectivity index (χ4n) is 2.75. The first kappa shape index (κ1) is 25.7. The molecule has 1 amide bonds. The van der Waals surface area contributed by atoms with Crippen molar-refractivity contribution in [3.8, 4) is 5.75 Å². The highest BCUT2D eigenvalue weighted by atomic mass is 79.9. The zero-order valence-corrected chi connectivity index (χ0v) is 21.6. The topological polar surface area (TPSA) is 123 Å². The van der Waals surface area contributed by atoms with E-state index in [1.165, 1.54) is 30.3 Å². The highest BCUT2D eigenvalue weighted by molar-refractivity contribution is 9.10. The molecule has 9 nitrogen and oxygen atoms in total. The number of thiocarbonyl (C=S) groups is 1. The molecule has 0 unspecified atom stereocenters. The molecule has 0 aliphatic carbocycles. The molecule has 0 bridgehead atoms. The highest BCUT2D eigenvalue weighted by Crippen LogP contribution is 2.26. The van der Waals surface area contributed by atoms with E-state index in [1.54, 1.807) is 25.1 Å². The Morgan fingerprint density at radius 2 is 1.91 bits per heavy atom. The maximum Gasteiger partial charge on any atom is 0.263 e. The molecular formula is C22H23BrN4O5S2. The van der Waals surface area contributed by atoms with Gasteiger partial charge in [-0.3, -0.25) is 14.8 Å². The van der Waals surface area contributed by atoms with Crippen molar-refractivity contribution in [1.29, 1.82) is 0 Å². The third-order valence-electron chi connectivity index (χ3n) is 4.47. The number of carbonyl (C=O) groups is 1. The van der Waals surface area contributed by atoms with Crippen molar-refractivity contribution in [3.63, 3.8) is 0 Å². The van der Waals surface area contributed by atoms with E-state index in [-0.39, 0.29) is 15.8 Å². The van der Waals surface area contributed by atoms with Gasteiger partial charge in [0.25, 0.3) is 15.9 Å². The summed E-state index contributed by atoms with van der Waals surface area (Å²) < 4.78 is 38.5. The van der Waals surface area contributed by atoms with Crippen LogP contribution in [0.3, 0.4) is 0 Å². The summed E-state index contributed by atoms with van der Waals surface area (Å²) in [7, 11) is -3.83. The fourth-order valence-corrected chi connectivity index (χ4v) is 4.44. The molecule has 1 heterocycles. The van der Waals surface area contributed by atoms with Crippen LogP contribution in [0.15, 0.2) is 62.4 Å². The Labute approximate surface area is 211 Å². The zero-order valence-electron chi connectivity index (χ0n) is 18.4. The van der Waals surface area contributed by atoms with Gasteiger partial charge < -0.3 is 14.6 Å². The summed E-state index contributed by atoms with van der Waals surface area (Å²) in [5, 5.41) is 9.13. The number of ether oxygens (including phenoxy) is 1. The second-order valence-electron chi connectivity index (χ2n) is 7.21. The lowest BCUT2D eigenvalue weighted by atomic mass is 10.2. The van der Waals surface area contributed by atoms with Crippen LogP contribution in [0.5, 0.6) is 5.75 Å². The lowest BCUT2D eigenvalue weighted by Crippen LogP contribution is -2.34. The quantitative estimate of drug-likeness (QED) is 0.248. The van der Waals surface area contributed by atoms with Crippen LogP contribution in [0.25, 0.3) is 0 Å². The minimum Gasteiger partial charge on any atom is -0.492 e. The van der Waals surface area contributed by atoms with Crippen molar-refractivity contribution in [2.75, 3.05) is 16.6 Å². The molecular weight excluding hydrogens is 544 g/mol. The van der Waals surface area contributed by atoms with Crippen LogP contribution >= 0.6 is 28.1 Å². The van der Waals surface area contributed by atoms with Crippen molar-refractivity contribution < 1.29 is 22.5 Å². The van der Waals surface area contributed by atoms with E-state index >= 15 is 0 Å². The van der Waals surface area contributed by atoms with E-state index in [0.29, 0.717) is 33.8 Å². The van der Waals surface area contributed by atoms with Gasteiger partial charge in [0.05, 0.1) is 16.0 Å². The maximum atomic E-state index is 12.5. The van der Waals surface area contributed by atoms with Gasteiger partial charge in [-0.15, -0.1) is 0 Å². The highest BCUT2D eigenvalue weighted by Gasteiger charge is 2.16. The third kappa shape index (κ3) is 7.02. The molecule has 12 heteroatoms. The first-order valence-electron chi connectivity index (χ1n) is 10.3. The van der Waals surface area contributed by atoms with Crippen LogP contribution in [-0.2, 0) is 10.0 Å². The van der Waals surface area contributed by atoms with Gasteiger partial charge >= 0.3 is 0 Å². The SMILES string of the molecule is CCCCOc1ccc(C(=O)NC(=S)Nc2ccc(S(=O)(=O)Nc3cc(C)on3)cc2)cc1Br. The standard InChI is InChI=1S/C22H23BrN4O5S2/c1-3-4-11-31-19-10-5-15(13-18(19)23)21(28)25-22(33)24-16-6-8-17(9-7-16)34(29,30)27-20-12-14(2)32-26-20/h5-10,12-13H,3-4,11H2,1-2H3,(H,26,27)(H2,24,25,28,33). The minimum absolute atomic E-state index is 0.0275. The van der Waals surface area contributed by atoms with Crippen molar-refractivity contribution in [2.45, 2.75) is 31.6 Å². The number of anilines is 2. The van der Waals surface area contributed by atoms with Gasteiger partial charge in [0, 0.05) is 17.3 Å². The number of sulfonamides is 1. The molecule has 0 saturated heterocycles. The minimum atomic E-state index is -3.83. The van der Waals surface area contributed by atoms with Crippen molar-refractivity contribution in [2.24, 2.45) is 0 Å². The third-order valence-corrected chi connectivity index (χ3v) is 6.66. The first-order valence-corrected chi connectivity index (χ1v) is 13.0. The van der Waals surface area contributed by atoms with Gasteiger partial charge in [0.15, 0.2) is 10.9 Å². The number of rotatable bonds is 9. The molecule has 0 aliphatic rings. The zero-order chi connectivity index (χ0) is 24.7. The van der Waals surface area contributed by atoms with Crippen LogP contribution < -0.4 is 20.1 Å². The summed E-state index contributed by atoms with van der Waals surface area (Å²) in [4.78, 5) is 12.6. The lowest BCUT2D eigenvalue weighted by Gasteiger charge is -2.12. The number of aromatic nitrogens is 1. The van der Waals surface area contributed by atoms with E-state index in [9.17, 15) is 13.2 Å². The Hall–Kier alpha value is -2.96. The van der Waals surface area contributed by atoms with E-state index in [1.807, 2.05) is 0 Å². The molecule has 34 heavy (non-hydrogen) atoms. The van der Waals surface area contributed by atoms with Crippen molar-refractivity contribution >= 4 is 60.7 Å². The number of amides is 1. The van der Waals surface area contributed by atoms with E-state index in [2.05, 4.69) is 43.4 Å². The summed E-state index contributed by atoms with van der Waals surface area (Å²) in [6.45, 7) is 4.34. The number of benzene rings is 2. The number of nitrogens with zero attached hydrogens (tertiary/aromatic N) is 1. The van der Waals surface area contributed by atoms with Crippen LogP contribution in [0, 0.1) is 6.92 Å². The fraction of sp³-hybridized carbons (Fsp3) is 0.227. The van der Waals surface area contributed by atoms with Gasteiger partial charge in [0.1, 0.15) is 11.5 Å². The molecule has 0 saturated carbocycles. The van der Waals surface area contributed by atoms with Gasteiger partial charge in [-0.1, -0.05) is 18.5 Å². The monoisotopic (exact) mass is 566 g/mol. The molecule has 0 atom stereocenters. The number of nitrogens with one attached hydrogen (secondary N) is 3. The molecule has 3 aromatic rings. The number of hydrogen-bond donors (Lipinski definition) is 3. The summed E-state index contributed by atoms with van der Waals surface area (Å²) in [6, 6.07) is 12.3. The van der Waals surface area contributed by atoms with Gasteiger partial charge in [-0.2, -0.15) is 0 Å². The summed E-state index contributed by atoms with van der Waals surface area (Å²) >= 11 is 8.62. The average molecular weight is 567 g/mol. The van der Waals surface area contributed by atoms with E-state index in [4.69, 9.17) is 21.5 Å². The predicted octanol–water partition coefficient (Wildman–Crippen LogP) is 4.85. The molecule has 0 radical (unpaired) electrons. The Balaban J connectivity index is 1.57. The lowest BCUT2D eigenvalue weighted by molar-refractivity contribution is 0.0977. The summed E-state index contributed by atoms with van der Waals surface area (Å²) in [6.07, 6.45) is 1.97. The van der Waals surface area contributed by atoms with Crippen molar-refractivity contribution in [3.05, 3.63) is 64.3 Å². The number of aryl methyl sites for hydroxylation is 1. The Kier molecular flexibility index (Phi) is 8.64. The normalized spacial score (nSPS) is 11.0. The number of halogens is 1. The molecule has 0 fully saturated rings. The largest absolute Gasteiger partial charge is 0.492 e. The number of carbonyl (C=O) groups excluding carboxylic acids is 1. The summed E-state index contributed by atoms with van der Waals surface area (Å²) in [5.74, 6) is 0.839. The number of hydrogen-bond acceptors (Lipinski definition) is 7.